The van der Waals surface area contributed by atoms with Crippen LogP contribution in [-0.4, -0.2) is 49.3 Å². The van der Waals surface area contributed by atoms with Crippen LogP contribution in [0.4, 0.5) is 0 Å². The van der Waals surface area contributed by atoms with Gasteiger partial charge in [0.2, 0.25) is 0 Å². The van der Waals surface area contributed by atoms with Gasteiger partial charge < -0.3 is 10.1 Å². The van der Waals surface area contributed by atoms with Crippen LogP contribution in [-0.2, 0) is 4.74 Å². The number of nitrogens with one attached hydrogen (secondary N) is 1. The van der Waals surface area contributed by atoms with E-state index in [0.29, 0.717) is 11.6 Å². The van der Waals surface area contributed by atoms with Gasteiger partial charge in [0.05, 0.1) is 13.2 Å². The predicted molar refractivity (Wildman–Crippen MR) is 89.7 cm³/mol. The van der Waals surface area contributed by atoms with Crippen molar-refractivity contribution in [3.63, 3.8) is 0 Å². The number of hydrogen-bond donors (Lipinski definition) is 1. The zero-order valence-corrected chi connectivity index (χ0v) is 14.5. The lowest BCUT2D eigenvalue weighted by atomic mass is 9.77. The largest absolute Gasteiger partial charge is 0.379 e. The van der Waals surface area contributed by atoms with Gasteiger partial charge in [-0.2, -0.15) is 0 Å². The smallest absolute Gasteiger partial charge is 0.0594 e. The highest BCUT2D eigenvalue weighted by Crippen LogP contribution is 2.41. The second kappa shape index (κ2) is 8.50. The number of ether oxygens (including phenoxy) is 1. The second-order valence-electron chi connectivity index (χ2n) is 7.11. The van der Waals surface area contributed by atoms with Crippen molar-refractivity contribution in [1.82, 2.24) is 10.2 Å². The van der Waals surface area contributed by atoms with Crippen molar-refractivity contribution in [3.8, 4) is 0 Å². The summed E-state index contributed by atoms with van der Waals surface area (Å²) in [5.41, 5.74) is 0.396. The summed E-state index contributed by atoms with van der Waals surface area (Å²) in [6.45, 7) is 12.3. The van der Waals surface area contributed by atoms with E-state index in [2.05, 4.69) is 31.0 Å². The summed E-state index contributed by atoms with van der Waals surface area (Å²) >= 11 is 0. The van der Waals surface area contributed by atoms with Crippen LogP contribution in [0.3, 0.4) is 0 Å². The summed E-state index contributed by atoms with van der Waals surface area (Å²) in [5.74, 6) is 0.766. The first kappa shape index (κ1) is 17.2. The first-order valence-corrected chi connectivity index (χ1v) is 9.30. The van der Waals surface area contributed by atoms with E-state index < -0.39 is 0 Å². The van der Waals surface area contributed by atoms with Gasteiger partial charge in [0.15, 0.2) is 0 Å². The van der Waals surface area contributed by atoms with Crippen molar-refractivity contribution in [2.45, 2.75) is 77.3 Å². The van der Waals surface area contributed by atoms with E-state index in [9.17, 15) is 0 Å². The van der Waals surface area contributed by atoms with Crippen molar-refractivity contribution >= 4 is 0 Å². The van der Waals surface area contributed by atoms with Crippen molar-refractivity contribution in [2.75, 3.05) is 32.8 Å². The first-order valence-electron chi connectivity index (χ1n) is 9.30. The Morgan fingerprint density at radius 3 is 2.33 bits per heavy atom. The summed E-state index contributed by atoms with van der Waals surface area (Å²) in [6, 6.07) is 0.651. The molecule has 3 heteroatoms. The van der Waals surface area contributed by atoms with Crippen LogP contribution in [0.1, 0.15) is 65.7 Å². The fourth-order valence-electron chi connectivity index (χ4n) is 4.66. The Kier molecular flexibility index (Phi) is 6.97. The predicted octanol–water partition coefficient (Wildman–Crippen LogP) is 3.44. The maximum Gasteiger partial charge on any atom is 0.0594 e. The molecular formula is C18H36N2O. The van der Waals surface area contributed by atoms with Crippen LogP contribution in [0, 0.1) is 5.92 Å². The normalized spacial score (nSPS) is 25.9. The highest BCUT2D eigenvalue weighted by molar-refractivity contribution is 5.05. The highest BCUT2D eigenvalue weighted by Gasteiger charge is 2.47. The first-order chi connectivity index (χ1) is 10.2. The lowest BCUT2D eigenvalue weighted by molar-refractivity contribution is -0.0441. The molecule has 2 rings (SSSR count). The fraction of sp³-hybridized carbons (Fsp3) is 1.00. The fourth-order valence-corrected chi connectivity index (χ4v) is 4.66. The van der Waals surface area contributed by atoms with Gasteiger partial charge in [0.1, 0.15) is 0 Å². The maximum absolute atomic E-state index is 5.61. The summed E-state index contributed by atoms with van der Waals surface area (Å²) < 4.78 is 5.61. The summed E-state index contributed by atoms with van der Waals surface area (Å²) in [5, 5.41) is 3.95. The van der Waals surface area contributed by atoms with Crippen LogP contribution >= 0.6 is 0 Å². The molecule has 0 aromatic carbocycles. The van der Waals surface area contributed by atoms with Gasteiger partial charge in [-0.3, -0.25) is 4.90 Å². The van der Waals surface area contributed by atoms with Crippen molar-refractivity contribution in [1.29, 1.82) is 0 Å². The van der Waals surface area contributed by atoms with Crippen molar-refractivity contribution in [3.05, 3.63) is 0 Å². The Labute approximate surface area is 131 Å². The average molecular weight is 296 g/mol. The van der Waals surface area contributed by atoms with Crippen molar-refractivity contribution < 1.29 is 4.74 Å². The van der Waals surface area contributed by atoms with E-state index in [1.807, 2.05) is 0 Å². The SMILES string of the molecule is CCCNC(C(C)CCC)C1(N2CCOCC2)CCCC1. The van der Waals surface area contributed by atoms with E-state index >= 15 is 0 Å². The van der Waals surface area contributed by atoms with Gasteiger partial charge in [-0.25, -0.2) is 0 Å². The van der Waals surface area contributed by atoms with Crippen LogP contribution in [0.2, 0.25) is 0 Å². The molecule has 1 saturated heterocycles. The maximum atomic E-state index is 5.61. The molecule has 1 saturated carbocycles. The molecular weight excluding hydrogens is 260 g/mol. The minimum atomic E-state index is 0.396. The zero-order valence-electron chi connectivity index (χ0n) is 14.5. The van der Waals surface area contributed by atoms with Gasteiger partial charge in [-0.1, -0.05) is 40.0 Å². The standard InChI is InChI=1S/C18H36N2O/c1-4-8-16(3)17(19-11-5-2)18(9-6-7-10-18)20-12-14-21-15-13-20/h16-17,19H,4-15H2,1-3H3. The number of hydrogen-bond acceptors (Lipinski definition) is 3. The number of morpholine rings is 1. The summed E-state index contributed by atoms with van der Waals surface area (Å²) in [6.07, 6.45) is 9.43. The number of nitrogens with zero attached hydrogens (tertiary/aromatic N) is 1. The molecule has 0 aromatic rings. The summed E-state index contributed by atoms with van der Waals surface area (Å²) in [4.78, 5) is 2.78. The molecule has 1 aliphatic carbocycles. The molecule has 0 spiro atoms. The molecule has 0 radical (unpaired) electrons. The molecule has 124 valence electrons. The Morgan fingerprint density at radius 2 is 1.76 bits per heavy atom. The topological polar surface area (TPSA) is 24.5 Å². The lowest BCUT2D eigenvalue weighted by Crippen LogP contribution is -2.64. The third kappa shape index (κ3) is 4.00. The molecule has 2 unspecified atom stereocenters. The Morgan fingerprint density at radius 1 is 1.10 bits per heavy atom. The van der Waals surface area contributed by atoms with Gasteiger partial charge in [0.25, 0.3) is 0 Å². The molecule has 0 aromatic heterocycles. The molecule has 2 atom stereocenters. The molecule has 1 N–H and O–H groups in total. The third-order valence-electron chi connectivity index (χ3n) is 5.62. The average Bonchev–Trinajstić information content (AvgIpc) is 2.99. The van der Waals surface area contributed by atoms with Gasteiger partial charge in [-0.05, 0) is 38.1 Å². The van der Waals surface area contributed by atoms with E-state index in [0.717, 1.165) is 38.8 Å². The molecule has 1 heterocycles. The highest BCUT2D eigenvalue weighted by atomic mass is 16.5. The Balaban J connectivity index is 2.17. The Hall–Kier alpha value is -0.120. The minimum absolute atomic E-state index is 0.396. The Bertz CT molecular complexity index is 283. The molecule has 2 aliphatic rings. The van der Waals surface area contributed by atoms with E-state index in [1.54, 1.807) is 0 Å². The van der Waals surface area contributed by atoms with Gasteiger partial charge in [0, 0.05) is 24.7 Å². The van der Waals surface area contributed by atoms with E-state index in [-0.39, 0.29) is 0 Å². The lowest BCUT2D eigenvalue weighted by Gasteiger charge is -2.50. The zero-order chi connectivity index (χ0) is 15.1. The quantitative estimate of drug-likeness (QED) is 0.742. The van der Waals surface area contributed by atoms with Crippen LogP contribution in [0.15, 0.2) is 0 Å². The molecule has 0 amide bonds. The number of rotatable bonds is 8. The molecule has 21 heavy (non-hydrogen) atoms. The van der Waals surface area contributed by atoms with Gasteiger partial charge >= 0.3 is 0 Å². The molecule has 0 bridgehead atoms. The minimum Gasteiger partial charge on any atom is -0.379 e. The second-order valence-corrected chi connectivity index (χ2v) is 7.11. The van der Waals surface area contributed by atoms with Crippen molar-refractivity contribution in [2.24, 2.45) is 5.92 Å². The van der Waals surface area contributed by atoms with Crippen LogP contribution in [0.5, 0.6) is 0 Å². The van der Waals surface area contributed by atoms with Crippen LogP contribution < -0.4 is 5.32 Å². The van der Waals surface area contributed by atoms with E-state index in [4.69, 9.17) is 4.74 Å². The van der Waals surface area contributed by atoms with Crippen LogP contribution in [0.25, 0.3) is 0 Å². The third-order valence-corrected chi connectivity index (χ3v) is 5.62. The molecule has 3 nitrogen and oxygen atoms in total. The molecule has 2 fully saturated rings. The molecule has 1 aliphatic heterocycles. The van der Waals surface area contributed by atoms with E-state index in [1.165, 1.54) is 44.9 Å². The van der Waals surface area contributed by atoms with Gasteiger partial charge in [-0.15, -0.1) is 0 Å². The summed E-state index contributed by atoms with van der Waals surface area (Å²) in [7, 11) is 0. The monoisotopic (exact) mass is 296 g/mol.